The Balaban J connectivity index is 2.19. The molecule has 2 N–H and O–H groups in total. The van der Waals surface area contributed by atoms with E-state index in [1.54, 1.807) is 6.07 Å². The first-order valence-corrected chi connectivity index (χ1v) is 6.96. The molecular formula is C15H24FN3. The lowest BCUT2D eigenvalue weighted by Gasteiger charge is -2.29. The van der Waals surface area contributed by atoms with Crippen LogP contribution in [-0.4, -0.2) is 38.1 Å². The van der Waals surface area contributed by atoms with Gasteiger partial charge in [0.2, 0.25) is 0 Å². The Morgan fingerprint density at radius 3 is 2.84 bits per heavy atom. The van der Waals surface area contributed by atoms with E-state index in [0.717, 1.165) is 18.8 Å². The molecule has 0 radical (unpaired) electrons. The average molecular weight is 265 g/mol. The van der Waals surface area contributed by atoms with Crippen LogP contribution in [0.5, 0.6) is 0 Å². The Bertz CT molecular complexity index is 433. The molecule has 1 fully saturated rings. The lowest BCUT2D eigenvalue weighted by atomic mass is 10.0. The van der Waals surface area contributed by atoms with Crippen LogP contribution in [0.15, 0.2) is 18.2 Å². The summed E-state index contributed by atoms with van der Waals surface area (Å²) in [6, 6.07) is 5.45. The Morgan fingerprint density at radius 1 is 1.53 bits per heavy atom. The Labute approximate surface area is 115 Å². The van der Waals surface area contributed by atoms with Crippen molar-refractivity contribution in [1.29, 1.82) is 0 Å². The van der Waals surface area contributed by atoms with Crippen molar-refractivity contribution >= 4 is 5.69 Å². The number of hydrogen-bond acceptors (Lipinski definition) is 3. The SMILES string of the molecule is C[C@H](N)c1c(F)cccc1N(C)CC1CCCN1C. The number of benzene rings is 1. The molecular weight excluding hydrogens is 241 g/mol. The first-order chi connectivity index (χ1) is 9.00. The van der Waals surface area contributed by atoms with Gasteiger partial charge in [-0.05, 0) is 45.5 Å². The van der Waals surface area contributed by atoms with Gasteiger partial charge in [-0.25, -0.2) is 4.39 Å². The summed E-state index contributed by atoms with van der Waals surface area (Å²) < 4.78 is 13.9. The first-order valence-electron chi connectivity index (χ1n) is 6.96. The standard InChI is InChI=1S/C15H24FN3/c1-11(17)15-13(16)7-4-8-14(15)19(3)10-12-6-5-9-18(12)2/h4,7-8,11-12H,5-6,9-10,17H2,1-3H3/t11-,12?/m0/s1. The van der Waals surface area contributed by atoms with Gasteiger partial charge in [0.05, 0.1) is 0 Å². The third-order valence-corrected chi connectivity index (χ3v) is 4.05. The zero-order chi connectivity index (χ0) is 14.0. The first kappa shape index (κ1) is 14.3. The third kappa shape index (κ3) is 3.07. The summed E-state index contributed by atoms with van der Waals surface area (Å²) in [4.78, 5) is 4.51. The van der Waals surface area contributed by atoms with Gasteiger partial charge in [0.15, 0.2) is 0 Å². The van der Waals surface area contributed by atoms with E-state index in [1.807, 2.05) is 20.0 Å². The van der Waals surface area contributed by atoms with Gasteiger partial charge in [0.1, 0.15) is 5.82 Å². The lowest BCUT2D eigenvalue weighted by Crippen LogP contribution is -2.37. The molecule has 2 rings (SSSR count). The van der Waals surface area contributed by atoms with E-state index in [4.69, 9.17) is 5.73 Å². The largest absolute Gasteiger partial charge is 0.373 e. The van der Waals surface area contributed by atoms with Gasteiger partial charge in [-0.15, -0.1) is 0 Å². The number of likely N-dealkylation sites (tertiary alicyclic amines) is 1. The van der Waals surface area contributed by atoms with Gasteiger partial charge < -0.3 is 15.5 Å². The van der Waals surface area contributed by atoms with E-state index in [0.29, 0.717) is 11.6 Å². The van der Waals surface area contributed by atoms with Crippen LogP contribution in [0.25, 0.3) is 0 Å². The third-order valence-electron chi connectivity index (χ3n) is 4.05. The molecule has 1 aromatic carbocycles. The van der Waals surface area contributed by atoms with Crippen LogP contribution in [0.1, 0.15) is 31.4 Å². The van der Waals surface area contributed by atoms with Crippen LogP contribution < -0.4 is 10.6 Å². The molecule has 1 heterocycles. The number of hydrogen-bond donors (Lipinski definition) is 1. The normalized spacial score (nSPS) is 21.6. The Hall–Kier alpha value is -1.13. The van der Waals surface area contributed by atoms with Gasteiger partial charge in [0, 0.05) is 36.9 Å². The van der Waals surface area contributed by atoms with Gasteiger partial charge in [-0.3, -0.25) is 0 Å². The van der Waals surface area contributed by atoms with Crippen molar-refractivity contribution in [2.75, 3.05) is 32.1 Å². The zero-order valence-electron chi connectivity index (χ0n) is 12.1. The topological polar surface area (TPSA) is 32.5 Å². The van der Waals surface area contributed by atoms with Crippen molar-refractivity contribution in [2.24, 2.45) is 5.73 Å². The summed E-state index contributed by atoms with van der Waals surface area (Å²) in [5, 5.41) is 0. The molecule has 0 aliphatic carbocycles. The quantitative estimate of drug-likeness (QED) is 0.907. The van der Waals surface area contributed by atoms with Crippen LogP contribution in [0, 0.1) is 5.82 Å². The average Bonchev–Trinajstić information content (AvgIpc) is 2.74. The van der Waals surface area contributed by atoms with E-state index < -0.39 is 0 Å². The number of nitrogens with two attached hydrogens (primary N) is 1. The summed E-state index contributed by atoms with van der Waals surface area (Å²) >= 11 is 0. The minimum Gasteiger partial charge on any atom is -0.373 e. The molecule has 0 bridgehead atoms. The molecule has 1 saturated heterocycles. The van der Waals surface area contributed by atoms with Crippen molar-refractivity contribution < 1.29 is 4.39 Å². The van der Waals surface area contributed by atoms with Crippen LogP contribution in [0.4, 0.5) is 10.1 Å². The van der Waals surface area contributed by atoms with E-state index in [9.17, 15) is 4.39 Å². The fourth-order valence-corrected chi connectivity index (χ4v) is 2.93. The minimum absolute atomic E-state index is 0.209. The van der Waals surface area contributed by atoms with E-state index in [1.165, 1.54) is 18.9 Å². The minimum atomic E-state index is -0.292. The molecule has 0 saturated carbocycles. The van der Waals surface area contributed by atoms with Crippen molar-refractivity contribution in [3.8, 4) is 0 Å². The Kier molecular flexibility index (Phi) is 4.42. The maximum atomic E-state index is 13.9. The molecule has 1 aromatic rings. The van der Waals surface area contributed by atoms with E-state index in [2.05, 4.69) is 16.8 Å². The lowest BCUT2D eigenvalue weighted by molar-refractivity contribution is 0.314. The highest BCUT2D eigenvalue weighted by Crippen LogP contribution is 2.28. The summed E-state index contributed by atoms with van der Waals surface area (Å²) in [6.45, 7) is 3.90. The predicted octanol–water partition coefficient (Wildman–Crippen LogP) is 2.38. The number of rotatable bonds is 4. The molecule has 1 aliphatic heterocycles. The molecule has 0 aromatic heterocycles. The number of anilines is 1. The van der Waals surface area contributed by atoms with Crippen molar-refractivity contribution in [1.82, 2.24) is 4.90 Å². The van der Waals surface area contributed by atoms with E-state index >= 15 is 0 Å². The smallest absolute Gasteiger partial charge is 0.130 e. The summed E-state index contributed by atoms with van der Waals surface area (Å²) in [5.74, 6) is -0.209. The molecule has 4 heteroatoms. The predicted molar refractivity (Wildman–Crippen MR) is 77.9 cm³/mol. The van der Waals surface area contributed by atoms with Crippen molar-refractivity contribution in [3.05, 3.63) is 29.6 Å². The van der Waals surface area contributed by atoms with Gasteiger partial charge in [-0.1, -0.05) is 6.07 Å². The van der Waals surface area contributed by atoms with Crippen LogP contribution >= 0.6 is 0 Å². The van der Waals surface area contributed by atoms with Gasteiger partial charge >= 0.3 is 0 Å². The van der Waals surface area contributed by atoms with Crippen molar-refractivity contribution in [3.63, 3.8) is 0 Å². The number of halogens is 1. The van der Waals surface area contributed by atoms with Crippen LogP contribution in [0.3, 0.4) is 0 Å². The molecule has 3 nitrogen and oxygen atoms in total. The number of nitrogens with zero attached hydrogens (tertiary/aromatic N) is 2. The fourth-order valence-electron chi connectivity index (χ4n) is 2.93. The van der Waals surface area contributed by atoms with Crippen molar-refractivity contribution in [2.45, 2.75) is 31.8 Å². The maximum Gasteiger partial charge on any atom is 0.130 e. The molecule has 1 unspecified atom stereocenters. The summed E-state index contributed by atoms with van der Waals surface area (Å²) in [6.07, 6.45) is 2.46. The molecule has 0 spiro atoms. The second-order valence-corrected chi connectivity index (χ2v) is 5.62. The highest BCUT2D eigenvalue weighted by atomic mass is 19.1. The van der Waals surface area contributed by atoms with Gasteiger partial charge in [-0.2, -0.15) is 0 Å². The molecule has 19 heavy (non-hydrogen) atoms. The molecule has 106 valence electrons. The second-order valence-electron chi connectivity index (χ2n) is 5.62. The highest BCUT2D eigenvalue weighted by Gasteiger charge is 2.24. The van der Waals surface area contributed by atoms with Crippen LogP contribution in [0.2, 0.25) is 0 Å². The highest BCUT2D eigenvalue weighted by molar-refractivity contribution is 5.55. The van der Waals surface area contributed by atoms with Crippen LogP contribution in [-0.2, 0) is 0 Å². The fraction of sp³-hybridized carbons (Fsp3) is 0.600. The summed E-state index contributed by atoms with van der Waals surface area (Å²) in [5.41, 5.74) is 7.44. The molecule has 1 aliphatic rings. The monoisotopic (exact) mass is 265 g/mol. The Morgan fingerprint density at radius 2 is 2.26 bits per heavy atom. The molecule has 0 amide bonds. The van der Waals surface area contributed by atoms with Gasteiger partial charge in [0.25, 0.3) is 0 Å². The molecule has 2 atom stereocenters. The second kappa shape index (κ2) is 5.88. The number of likely N-dealkylation sites (N-methyl/N-ethyl adjacent to an activating group) is 2. The zero-order valence-corrected chi connectivity index (χ0v) is 12.1. The summed E-state index contributed by atoms with van der Waals surface area (Å²) in [7, 11) is 4.18. The van der Waals surface area contributed by atoms with E-state index in [-0.39, 0.29) is 11.9 Å². The maximum absolute atomic E-state index is 13.9.